The van der Waals surface area contributed by atoms with Crippen LogP contribution in [0.4, 0.5) is 22.9 Å². The second-order valence-corrected chi connectivity index (χ2v) is 5.58. The van der Waals surface area contributed by atoms with Gasteiger partial charge in [-0.25, -0.2) is 0 Å². The fourth-order valence-corrected chi connectivity index (χ4v) is 2.80. The van der Waals surface area contributed by atoms with Crippen molar-refractivity contribution in [1.82, 2.24) is 9.97 Å². The molecular formula is C15H16N6O5. The highest BCUT2D eigenvalue weighted by Gasteiger charge is 2.26. The van der Waals surface area contributed by atoms with Gasteiger partial charge in [-0.2, -0.15) is 4.98 Å². The van der Waals surface area contributed by atoms with Gasteiger partial charge in [0.05, 0.1) is 35.4 Å². The van der Waals surface area contributed by atoms with Crippen molar-refractivity contribution < 1.29 is 14.6 Å². The van der Waals surface area contributed by atoms with Gasteiger partial charge < -0.3 is 14.5 Å². The topological polar surface area (TPSA) is 128 Å². The molecule has 0 unspecified atom stereocenters. The minimum Gasteiger partial charge on any atom is -0.480 e. The van der Waals surface area contributed by atoms with Crippen LogP contribution in [-0.4, -0.2) is 53.1 Å². The minimum absolute atomic E-state index is 0.270. The lowest BCUT2D eigenvalue weighted by Crippen LogP contribution is -2.47. The molecule has 3 rings (SSSR count). The summed E-state index contributed by atoms with van der Waals surface area (Å²) in [5.74, 6) is 1.08. The number of aromatic nitrogens is 2. The standard InChI is InChI=1S/C15H16N6O5/c1-26-15-10-16-9-14(17-15)19-6-4-18(5-7-19)12-3-2-11(20(22)23)8-13(12)21(24)25/h2-3,8-10H,4-7H2,1H3. The van der Waals surface area contributed by atoms with E-state index < -0.39 is 9.85 Å². The molecule has 11 nitrogen and oxygen atoms in total. The third-order valence-corrected chi connectivity index (χ3v) is 4.12. The third kappa shape index (κ3) is 3.45. The normalized spacial score (nSPS) is 14.2. The van der Waals surface area contributed by atoms with Gasteiger partial charge in [0.2, 0.25) is 5.88 Å². The van der Waals surface area contributed by atoms with E-state index in [9.17, 15) is 20.2 Å². The Labute approximate surface area is 148 Å². The van der Waals surface area contributed by atoms with E-state index >= 15 is 0 Å². The molecule has 1 aliphatic heterocycles. The zero-order chi connectivity index (χ0) is 18.7. The maximum Gasteiger partial charge on any atom is 0.299 e. The van der Waals surface area contributed by atoms with Crippen molar-refractivity contribution in [2.75, 3.05) is 43.1 Å². The van der Waals surface area contributed by atoms with Crippen molar-refractivity contribution in [2.24, 2.45) is 0 Å². The number of non-ortho nitro benzene ring substituents is 1. The number of nitro groups is 2. The number of piperazine rings is 1. The Morgan fingerprint density at radius 2 is 1.73 bits per heavy atom. The molecule has 0 aliphatic carbocycles. The Kier molecular flexibility index (Phi) is 4.78. The van der Waals surface area contributed by atoms with E-state index in [0.29, 0.717) is 43.6 Å². The van der Waals surface area contributed by atoms with Gasteiger partial charge in [0.25, 0.3) is 11.4 Å². The molecule has 2 heterocycles. The van der Waals surface area contributed by atoms with Crippen LogP contribution in [0.2, 0.25) is 0 Å². The molecule has 0 radical (unpaired) electrons. The second-order valence-electron chi connectivity index (χ2n) is 5.58. The molecule has 0 amide bonds. The average Bonchev–Trinajstić information content (AvgIpc) is 2.67. The number of benzene rings is 1. The molecule has 0 bridgehead atoms. The number of rotatable bonds is 5. The first-order valence-corrected chi connectivity index (χ1v) is 7.78. The van der Waals surface area contributed by atoms with E-state index in [4.69, 9.17) is 4.74 Å². The number of anilines is 2. The molecule has 136 valence electrons. The van der Waals surface area contributed by atoms with Crippen LogP contribution in [-0.2, 0) is 0 Å². The Hall–Kier alpha value is -3.50. The van der Waals surface area contributed by atoms with Crippen molar-refractivity contribution in [3.05, 3.63) is 50.8 Å². The quantitative estimate of drug-likeness (QED) is 0.577. The highest BCUT2D eigenvalue weighted by atomic mass is 16.6. The monoisotopic (exact) mass is 360 g/mol. The second kappa shape index (κ2) is 7.17. The molecular weight excluding hydrogens is 344 g/mol. The summed E-state index contributed by atoms with van der Waals surface area (Å²) in [6.45, 7) is 2.18. The predicted molar refractivity (Wildman–Crippen MR) is 92.8 cm³/mol. The van der Waals surface area contributed by atoms with Crippen LogP contribution in [0.3, 0.4) is 0 Å². The largest absolute Gasteiger partial charge is 0.480 e. The SMILES string of the molecule is COc1cncc(N2CCN(c3ccc([N+](=O)[O-])cc3[N+](=O)[O-])CC2)n1. The van der Waals surface area contributed by atoms with Crippen LogP contribution in [0.15, 0.2) is 30.6 Å². The van der Waals surface area contributed by atoms with Crippen LogP contribution in [0.1, 0.15) is 0 Å². The fraction of sp³-hybridized carbons (Fsp3) is 0.333. The summed E-state index contributed by atoms with van der Waals surface area (Å²) in [6.07, 6.45) is 3.15. The van der Waals surface area contributed by atoms with E-state index in [1.165, 1.54) is 25.4 Å². The summed E-state index contributed by atoms with van der Waals surface area (Å²) in [7, 11) is 1.51. The molecule has 0 saturated carbocycles. The van der Waals surface area contributed by atoms with Gasteiger partial charge in [-0.15, -0.1) is 0 Å². The lowest BCUT2D eigenvalue weighted by atomic mass is 10.2. The molecule has 26 heavy (non-hydrogen) atoms. The number of hydrogen-bond donors (Lipinski definition) is 0. The molecule has 1 aromatic carbocycles. The zero-order valence-corrected chi connectivity index (χ0v) is 13.9. The van der Waals surface area contributed by atoms with Crippen LogP contribution in [0.25, 0.3) is 0 Å². The van der Waals surface area contributed by atoms with Crippen LogP contribution < -0.4 is 14.5 Å². The van der Waals surface area contributed by atoms with Gasteiger partial charge in [-0.1, -0.05) is 0 Å². The highest BCUT2D eigenvalue weighted by molar-refractivity contribution is 5.67. The maximum atomic E-state index is 11.3. The molecule has 0 N–H and O–H groups in total. The van der Waals surface area contributed by atoms with Crippen LogP contribution in [0.5, 0.6) is 5.88 Å². The summed E-state index contributed by atoms with van der Waals surface area (Å²) in [6, 6.07) is 3.70. The van der Waals surface area contributed by atoms with E-state index in [2.05, 4.69) is 9.97 Å². The predicted octanol–water partition coefficient (Wildman–Crippen LogP) is 1.63. The fourth-order valence-electron chi connectivity index (χ4n) is 2.80. The molecule has 2 aromatic rings. The van der Waals surface area contributed by atoms with E-state index in [1.807, 2.05) is 9.80 Å². The first kappa shape index (κ1) is 17.3. The van der Waals surface area contributed by atoms with Crippen molar-refractivity contribution in [1.29, 1.82) is 0 Å². The molecule has 1 fully saturated rings. The summed E-state index contributed by atoms with van der Waals surface area (Å²) in [5.41, 5.74) is -0.198. The van der Waals surface area contributed by atoms with Crippen molar-refractivity contribution in [3.8, 4) is 5.88 Å². The molecule has 1 aliphatic rings. The first-order valence-electron chi connectivity index (χ1n) is 7.78. The van der Waals surface area contributed by atoms with Gasteiger partial charge in [0.15, 0.2) is 5.82 Å². The van der Waals surface area contributed by atoms with E-state index in [1.54, 1.807) is 6.20 Å². The number of nitro benzene ring substituents is 2. The zero-order valence-electron chi connectivity index (χ0n) is 13.9. The Bertz CT molecular complexity index is 837. The number of hydrogen-bond acceptors (Lipinski definition) is 9. The Morgan fingerprint density at radius 3 is 2.35 bits per heavy atom. The summed E-state index contributed by atoms with van der Waals surface area (Å²) in [5, 5.41) is 22.2. The molecule has 0 spiro atoms. The van der Waals surface area contributed by atoms with Gasteiger partial charge in [-0.3, -0.25) is 25.2 Å². The third-order valence-electron chi connectivity index (χ3n) is 4.12. The van der Waals surface area contributed by atoms with Gasteiger partial charge in [0, 0.05) is 32.2 Å². The maximum absolute atomic E-state index is 11.3. The minimum atomic E-state index is -0.643. The van der Waals surface area contributed by atoms with Crippen LogP contribution >= 0.6 is 0 Å². The van der Waals surface area contributed by atoms with Crippen molar-refractivity contribution >= 4 is 22.9 Å². The highest BCUT2D eigenvalue weighted by Crippen LogP contribution is 2.32. The smallest absolute Gasteiger partial charge is 0.299 e. The Morgan fingerprint density at radius 1 is 1.04 bits per heavy atom. The molecule has 1 saturated heterocycles. The van der Waals surface area contributed by atoms with E-state index in [0.717, 1.165) is 6.07 Å². The van der Waals surface area contributed by atoms with E-state index in [-0.39, 0.29) is 11.4 Å². The van der Waals surface area contributed by atoms with Crippen molar-refractivity contribution in [3.63, 3.8) is 0 Å². The summed E-state index contributed by atoms with van der Waals surface area (Å²) >= 11 is 0. The lowest BCUT2D eigenvalue weighted by Gasteiger charge is -2.36. The van der Waals surface area contributed by atoms with Crippen molar-refractivity contribution in [2.45, 2.75) is 0 Å². The Balaban J connectivity index is 1.77. The molecule has 0 atom stereocenters. The van der Waals surface area contributed by atoms with Gasteiger partial charge in [0.1, 0.15) is 5.69 Å². The summed E-state index contributed by atoms with van der Waals surface area (Å²) < 4.78 is 5.07. The number of ether oxygens (including phenoxy) is 1. The lowest BCUT2D eigenvalue weighted by molar-refractivity contribution is -0.393. The molecule has 1 aromatic heterocycles. The first-order chi connectivity index (χ1) is 12.5. The van der Waals surface area contributed by atoms with Gasteiger partial charge >= 0.3 is 0 Å². The van der Waals surface area contributed by atoms with Crippen LogP contribution in [0, 0.1) is 20.2 Å². The number of nitrogens with zero attached hydrogens (tertiary/aromatic N) is 6. The summed E-state index contributed by atoms with van der Waals surface area (Å²) in [4.78, 5) is 33.2. The number of methoxy groups -OCH3 is 1. The van der Waals surface area contributed by atoms with Gasteiger partial charge in [-0.05, 0) is 6.07 Å². The average molecular weight is 360 g/mol. The molecule has 11 heteroatoms.